The molecule has 0 bridgehead atoms. The van der Waals surface area contributed by atoms with E-state index in [0.29, 0.717) is 0 Å². The van der Waals surface area contributed by atoms with Crippen LogP contribution in [-0.4, -0.2) is 22.1 Å². The van der Waals surface area contributed by atoms with E-state index in [1.54, 1.807) is 0 Å². The van der Waals surface area contributed by atoms with E-state index in [1.165, 1.54) is 6.92 Å². The van der Waals surface area contributed by atoms with Crippen LogP contribution in [0.3, 0.4) is 0 Å². The van der Waals surface area contributed by atoms with Crippen molar-refractivity contribution in [2.75, 3.05) is 0 Å². The topological polar surface area (TPSA) is 89.7 Å². The van der Waals surface area contributed by atoms with Crippen molar-refractivity contribution in [1.29, 1.82) is 0 Å². The van der Waals surface area contributed by atoms with Crippen molar-refractivity contribution in [3.8, 4) is 5.75 Å². The number of nitro benzene ring substituents is 1. The first kappa shape index (κ1) is 11.9. The smallest absolute Gasteiger partial charge is 0.344 e. The fourth-order valence-corrected chi connectivity index (χ4v) is 0.960. The number of rotatable bonds is 4. The molecule has 0 aliphatic heterocycles. The van der Waals surface area contributed by atoms with Gasteiger partial charge in [-0.25, -0.2) is 4.79 Å². The predicted octanol–water partition coefficient (Wildman–Crippen LogP) is 1.59. The SMILES string of the molecule is CC(Oc1ccc(F)c([N+](=O)[O-])c1)C(=O)O. The van der Waals surface area contributed by atoms with Gasteiger partial charge < -0.3 is 9.84 Å². The zero-order valence-electron chi connectivity index (χ0n) is 8.21. The van der Waals surface area contributed by atoms with Crippen LogP contribution in [0.5, 0.6) is 5.75 Å². The lowest BCUT2D eigenvalue weighted by Crippen LogP contribution is -2.22. The van der Waals surface area contributed by atoms with Gasteiger partial charge in [0.05, 0.1) is 11.0 Å². The molecule has 1 unspecified atom stereocenters. The van der Waals surface area contributed by atoms with Gasteiger partial charge >= 0.3 is 11.7 Å². The number of halogens is 1. The summed E-state index contributed by atoms with van der Waals surface area (Å²) in [7, 11) is 0. The molecule has 0 saturated carbocycles. The fraction of sp³-hybridized carbons (Fsp3) is 0.222. The van der Waals surface area contributed by atoms with Crippen molar-refractivity contribution in [1.82, 2.24) is 0 Å². The maximum atomic E-state index is 12.9. The second-order valence-corrected chi connectivity index (χ2v) is 2.97. The minimum absolute atomic E-state index is 0.0667. The second-order valence-electron chi connectivity index (χ2n) is 2.97. The number of nitro groups is 1. The Kier molecular flexibility index (Phi) is 3.39. The Morgan fingerprint density at radius 1 is 1.62 bits per heavy atom. The highest BCUT2D eigenvalue weighted by Gasteiger charge is 2.18. The molecule has 0 spiro atoms. The maximum absolute atomic E-state index is 12.9. The molecule has 0 radical (unpaired) electrons. The van der Waals surface area contributed by atoms with Crippen LogP contribution in [0.25, 0.3) is 0 Å². The monoisotopic (exact) mass is 229 g/mol. The van der Waals surface area contributed by atoms with Crippen molar-refractivity contribution in [3.63, 3.8) is 0 Å². The van der Waals surface area contributed by atoms with Crippen molar-refractivity contribution in [3.05, 3.63) is 34.1 Å². The first-order valence-electron chi connectivity index (χ1n) is 4.25. The quantitative estimate of drug-likeness (QED) is 0.625. The lowest BCUT2D eigenvalue weighted by Gasteiger charge is -2.09. The number of carboxylic acids is 1. The van der Waals surface area contributed by atoms with Gasteiger partial charge in [0.15, 0.2) is 6.10 Å². The summed E-state index contributed by atoms with van der Waals surface area (Å²) in [5.41, 5.74) is -0.755. The van der Waals surface area contributed by atoms with Gasteiger partial charge in [0.25, 0.3) is 0 Å². The zero-order chi connectivity index (χ0) is 12.3. The van der Waals surface area contributed by atoms with Crippen LogP contribution in [0.4, 0.5) is 10.1 Å². The Morgan fingerprint density at radius 2 is 2.25 bits per heavy atom. The maximum Gasteiger partial charge on any atom is 0.344 e. The van der Waals surface area contributed by atoms with Crippen molar-refractivity contribution < 1.29 is 24.0 Å². The van der Waals surface area contributed by atoms with E-state index in [2.05, 4.69) is 0 Å². The molecule has 1 N–H and O–H groups in total. The van der Waals surface area contributed by atoms with Gasteiger partial charge in [0.2, 0.25) is 5.82 Å². The van der Waals surface area contributed by atoms with Gasteiger partial charge in [-0.1, -0.05) is 0 Å². The van der Waals surface area contributed by atoms with Gasteiger partial charge in [-0.05, 0) is 19.1 Å². The molecule has 0 fully saturated rings. The number of ether oxygens (including phenoxy) is 1. The lowest BCUT2D eigenvalue weighted by atomic mass is 10.3. The van der Waals surface area contributed by atoms with Gasteiger partial charge in [-0.15, -0.1) is 0 Å². The Bertz CT molecular complexity index is 434. The largest absolute Gasteiger partial charge is 0.479 e. The normalized spacial score (nSPS) is 11.9. The Morgan fingerprint density at radius 3 is 2.75 bits per heavy atom. The predicted molar refractivity (Wildman–Crippen MR) is 50.8 cm³/mol. The van der Waals surface area contributed by atoms with E-state index in [1.807, 2.05) is 0 Å². The summed E-state index contributed by atoms with van der Waals surface area (Å²) in [5.74, 6) is -2.28. The van der Waals surface area contributed by atoms with E-state index >= 15 is 0 Å². The van der Waals surface area contributed by atoms with Crippen molar-refractivity contribution in [2.45, 2.75) is 13.0 Å². The van der Waals surface area contributed by atoms with Gasteiger partial charge in [0, 0.05) is 0 Å². The molecule has 0 saturated heterocycles. The summed E-state index contributed by atoms with van der Waals surface area (Å²) >= 11 is 0. The average molecular weight is 229 g/mol. The summed E-state index contributed by atoms with van der Waals surface area (Å²) in [4.78, 5) is 19.9. The molecular formula is C9H8FNO5. The number of carbonyl (C=O) groups is 1. The highest BCUT2D eigenvalue weighted by Crippen LogP contribution is 2.23. The number of benzene rings is 1. The second kappa shape index (κ2) is 4.56. The van der Waals surface area contributed by atoms with Crippen molar-refractivity contribution in [2.24, 2.45) is 0 Å². The Hall–Kier alpha value is -2.18. The van der Waals surface area contributed by atoms with Crippen LogP contribution in [0, 0.1) is 15.9 Å². The highest BCUT2D eigenvalue weighted by atomic mass is 19.1. The lowest BCUT2D eigenvalue weighted by molar-refractivity contribution is -0.387. The number of aliphatic carboxylic acids is 1. The van der Waals surface area contributed by atoms with E-state index in [-0.39, 0.29) is 5.75 Å². The third-order valence-corrected chi connectivity index (χ3v) is 1.77. The van der Waals surface area contributed by atoms with Crippen LogP contribution in [-0.2, 0) is 4.79 Å². The van der Waals surface area contributed by atoms with Crippen LogP contribution in [0.2, 0.25) is 0 Å². The first-order valence-corrected chi connectivity index (χ1v) is 4.25. The molecule has 0 aliphatic rings. The van der Waals surface area contributed by atoms with Crippen molar-refractivity contribution >= 4 is 11.7 Å². The molecule has 16 heavy (non-hydrogen) atoms. The van der Waals surface area contributed by atoms with E-state index in [4.69, 9.17) is 9.84 Å². The summed E-state index contributed by atoms with van der Waals surface area (Å²) < 4.78 is 17.8. The number of carboxylic acid groups (broad SMARTS) is 1. The molecule has 0 aliphatic carbocycles. The zero-order valence-corrected chi connectivity index (χ0v) is 8.21. The standard InChI is InChI=1S/C9H8FNO5/c1-5(9(12)13)16-6-2-3-7(10)8(4-6)11(14)15/h2-5H,1H3,(H,12,13). The third-order valence-electron chi connectivity index (χ3n) is 1.77. The average Bonchev–Trinajstić information content (AvgIpc) is 2.20. The molecule has 1 aromatic carbocycles. The van der Waals surface area contributed by atoms with Crippen LogP contribution in [0.15, 0.2) is 18.2 Å². The van der Waals surface area contributed by atoms with E-state index in [9.17, 15) is 19.3 Å². The summed E-state index contributed by atoms with van der Waals surface area (Å²) in [5, 5.41) is 18.9. The van der Waals surface area contributed by atoms with Gasteiger partial charge in [-0.3, -0.25) is 10.1 Å². The first-order chi connectivity index (χ1) is 7.41. The highest BCUT2D eigenvalue weighted by molar-refractivity contribution is 5.72. The number of hydrogen-bond donors (Lipinski definition) is 1. The summed E-state index contributed by atoms with van der Waals surface area (Å²) in [6, 6.07) is 2.82. The molecule has 7 heteroatoms. The molecule has 1 aromatic rings. The molecule has 0 heterocycles. The summed E-state index contributed by atoms with van der Waals surface area (Å²) in [6.07, 6.45) is -1.16. The molecular weight excluding hydrogens is 221 g/mol. The van der Waals surface area contributed by atoms with Gasteiger partial charge in [0.1, 0.15) is 5.75 Å². The minimum Gasteiger partial charge on any atom is -0.479 e. The summed E-state index contributed by atoms with van der Waals surface area (Å²) in [6.45, 7) is 1.26. The van der Waals surface area contributed by atoms with E-state index in [0.717, 1.165) is 18.2 Å². The molecule has 0 amide bonds. The number of hydrogen-bond acceptors (Lipinski definition) is 4. The van der Waals surface area contributed by atoms with E-state index < -0.39 is 28.5 Å². The Labute approximate surface area is 89.4 Å². The molecule has 1 atom stereocenters. The molecule has 1 rings (SSSR count). The Balaban J connectivity index is 2.95. The molecule has 86 valence electrons. The molecule has 6 nitrogen and oxygen atoms in total. The minimum atomic E-state index is -1.22. The molecule has 0 aromatic heterocycles. The number of nitrogens with zero attached hydrogens (tertiary/aromatic N) is 1. The third kappa shape index (κ3) is 2.66. The fourth-order valence-electron chi connectivity index (χ4n) is 0.960. The van der Waals surface area contributed by atoms with Crippen LogP contribution in [0.1, 0.15) is 6.92 Å². The van der Waals surface area contributed by atoms with Crippen LogP contribution < -0.4 is 4.74 Å². The van der Waals surface area contributed by atoms with Gasteiger partial charge in [-0.2, -0.15) is 4.39 Å². The van der Waals surface area contributed by atoms with Crippen LogP contribution >= 0.6 is 0 Å².